The second-order valence-electron chi connectivity index (χ2n) is 5.46. The molecule has 0 heterocycles. The Hall–Kier alpha value is -2.82. The smallest absolute Gasteiger partial charge is 0.262 e. The number of carbonyl (C=O) groups excluding carboxylic acids is 2. The maximum atomic E-state index is 11.9. The Labute approximate surface area is 142 Å². The maximum Gasteiger partial charge on any atom is 0.262 e. The minimum absolute atomic E-state index is 0.0470. The third-order valence-electron chi connectivity index (χ3n) is 3.71. The molecule has 2 rings (SSSR count). The molecule has 0 aromatic heterocycles. The second-order valence-corrected chi connectivity index (χ2v) is 5.46. The molecule has 24 heavy (non-hydrogen) atoms. The molecule has 0 spiro atoms. The van der Waals surface area contributed by atoms with Gasteiger partial charge in [-0.1, -0.05) is 19.1 Å². The number of anilines is 2. The zero-order chi connectivity index (χ0) is 17.5. The average Bonchev–Trinajstić information content (AvgIpc) is 2.60. The highest BCUT2D eigenvalue weighted by atomic mass is 16.5. The average molecular weight is 326 g/mol. The molecule has 2 aromatic carbocycles. The SMILES string of the molecule is CCc1ccc(OCC(=O)Nc2ccc(N(C)C(C)=O)cc2)cc1. The maximum absolute atomic E-state index is 11.9. The van der Waals surface area contributed by atoms with E-state index in [-0.39, 0.29) is 18.4 Å². The number of benzene rings is 2. The van der Waals surface area contributed by atoms with Crippen LogP contribution in [-0.2, 0) is 16.0 Å². The van der Waals surface area contributed by atoms with Crippen LogP contribution in [0.15, 0.2) is 48.5 Å². The molecule has 0 aliphatic rings. The van der Waals surface area contributed by atoms with E-state index in [1.165, 1.54) is 17.4 Å². The van der Waals surface area contributed by atoms with Crippen LogP contribution in [0.1, 0.15) is 19.4 Å². The van der Waals surface area contributed by atoms with Crippen molar-refractivity contribution in [3.05, 3.63) is 54.1 Å². The monoisotopic (exact) mass is 326 g/mol. The molecule has 0 radical (unpaired) electrons. The zero-order valence-corrected chi connectivity index (χ0v) is 14.2. The van der Waals surface area contributed by atoms with Crippen LogP contribution in [-0.4, -0.2) is 25.5 Å². The number of aryl methyl sites for hydroxylation is 1. The van der Waals surface area contributed by atoms with Crippen molar-refractivity contribution in [3.8, 4) is 5.75 Å². The first kappa shape index (κ1) is 17.5. The molecular weight excluding hydrogens is 304 g/mol. The number of nitrogens with one attached hydrogen (secondary N) is 1. The lowest BCUT2D eigenvalue weighted by molar-refractivity contribution is -0.118. The molecule has 126 valence electrons. The van der Waals surface area contributed by atoms with Crippen molar-refractivity contribution < 1.29 is 14.3 Å². The van der Waals surface area contributed by atoms with Gasteiger partial charge in [0.15, 0.2) is 6.61 Å². The van der Waals surface area contributed by atoms with E-state index in [2.05, 4.69) is 12.2 Å². The van der Waals surface area contributed by atoms with E-state index in [1.807, 2.05) is 24.3 Å². The molecule has 0 bridgehead atoms. The Morgan fingerprint density at radius 1 is 1.04 bits per heavy atom. The summed E-state index contributed by atoms with van der Waals surface area (Å²) >= 11 is 0. The molecule has 5 heteroatoms. The van der Waals surface area contributed by atoms with Crippen LogP contribution in [0.2, 0.25) is 0 Å². The summed E-state index contributed by atoms with van der Waals surface area (Å²) in [4.78, 5) is 24.8. The summed E-state index contributed by atoms with van der Waals surface area (Å²) in [5.41, 5.74) is 2.65. The minimum Gasteiger partial charge on any atom is -0.484 e. The van der Waals surface area contributed by atoms with Crippen LogP contribution in [0.3, 0.4) is 0 Å². The quantitative estimate of drug-likeness (QED) is 0.886. The highest BCUT2D eigenvalue weighted by molar-refractivity contribution is 5.93. The predicted molar refractivity (Wildman–Crippen MR) is 95.5 cm³/mol. The molecule has 5 nitrogen and oxygen atoms in total. The van der Waals surface area contributed by atoms with Gasteiger partial charge in [0.2, 0.25) is 5.91 Å². The van der Waals surface area contributed by atoms with E-state index in [4.69, 9.17) is 4.74 Å². The van der Waals surface area contributed by atoms with Crippen molar-refractivity contribution in [1.82, 2.24) is 0 Å². The lowest BCUT2D eigenvalue weighted by Crippen LogP contribution is -2.23. The van der Waals surface area contributed by atoms with Crippen LogP contribution in [0.25, 0.3) is 0 Å². The largest absolute Gasteiger partial charge is 0.484 e. The molecular formula is C19H22N2O3. The van der Waals surface area contributed by atoms with Crippen molar-refractivity contribution >= 4 is 23.2 Å². The fraction of sp³-hybridized carbons (Fsp3) is 0.263. The second kappa shape index (κ2) is 8.15. The molecule has 0 unspecified atom stereocenters. The van der Waals surface area contributed by atoms with Gasteiger partial charge in [-0.2, -0.15) is 0 Å². The molecule has 0 saturated heterocycles. The Kier molecular flexibility index (Phi) is 5.95. The van der Waals surface area contributed by atoms with Gasteiger partial charge in [0, 0.05) is 25.3 Å². The summed E-state index contributed by atoms with van der Waals surface area (Å²) < 4.78 is 5.47. The number of rotatable bonds is 6. The molecule has 0 atom stereocenters. The molecule has 0 saturated carbocycles. The molecule has 0 fully saturated rings. The normalized spacial score (nSPS) is 10.1. The van der Waals surface area contributed by atoms with Crippen LogP contribution in [0, 0.1) is 0 Å². The van der Waals surface area contributed by atoms with Gasteiger partial charge in [0.25, 0.3) is 5.91 Å². The standard InChI is InChI=1S/C19H22N2O3/c1-4-15-5-11-18(12-6-15)24-13-19(23)20-16-7-9-17(10-8-16)21(3)14(2)22/h5-12H,4,13H2,1-3H3,(H,20,23). The Morgan fingerprint density at radius 2 is 1.67 bits per heavy atom. The fourth-order valence-electron chi connectivity index (χ4n) is 2.12. The Morgan fingerprint density at radius 3 is 2.21 bits per heavy atom. The van der Waals surface area contributed by atoms with Crippen molar-refractivity contribution in [2.75, 3.05) is 23.9 Å². The van der Waals surface area contributed by atoms with Gasteiger partial charge >= 0.3 is 0 Å². The van der Waals surface area contributed by atoms with Gasteiger partial charge in [-0.25, -0.2) is 0 Å². The van der Waals surface area contributed by atoms with E-state index in [9.17, 15) is 9.59 Å². The van der Waals surface area contributed by atoms with Crippen molar-refractivity contribution in [3.63, 3.8) is 0 Å². The van der Waals surface area contributed by atoms with Gasteiger partial charge in [-0.3, -0.25) is 9.59 Å². The van der Waals surface area contributed by atoms with Crippen LogP contribution in [0.4, 0.5) is 11.4 Å². The molecule has 1 N–H and O–H groups in total. The lowest BCUT2D eigenvalue weighted by atomic mass is 10.2. The van der Waals surface area contributed by atoms with Gasteiger partial charge in [-0.15, -0.1) is 0 Å². The summed E-state index contributed by atoms with van der Waals surface area (Å²) in [5, 5.41) is 2.76. The van der Waals surface area contributed by atoms with Gasteiger partial charge < -0.3 is 15.0 Å². The summed E-state index contributed by atoms with van der Waals surface area (Å²) in [6, 6.07) is 14.8. The molecule has 0 aliphatic heterocycles. The van der Waals surface area contributed by atoms with Gasteiger partial charge in [0.1, 0.15) is 5.75 Å². The fourth-order valence-corrected chi connectivity index (χ4v) is 2.12. The van der Waals surface area contributed by atoms with Crippen molar-refractivity contribution in [2.24, 2.45) is 0 Å². The van der Waals surface area contributed by atoms with Crippen LogP contribution in [0.5, 0.6) is 5.75 Å². The first-order valence-corrected chi connectivity index (χ1v) is 7.85. The molecule has 2 aromatic rings. The van der Waals surface area contributed by atoms with Crippen LogP contribution < -0.4 is 15.0 Å². The van der Waals surface area contributed by atoms with E-state index >= 15 is 0 Å². The van der Waals surface area contributed by atoms with E-state index < -0.39 is 0 Å². The van der Waals surface area contributed by atoms with E-state index in [0.717, 1.165) is 12.1 Å². The van der Waals surface area contributed by atoms with E-state index in [1.54, 1.807) is 31.3 Å². The summed E-state index contributed by atoms with van der Waals surface area (Å²) in [5.74, 6) is 0.386. The third kappa shape index (κ3) is 4.84. The summed E-state index contributed by atoms with van der Waals surface area (Å²) in [6.07, 6.45) is 0.968. The van der Waals surface area contributed by atoms with Crippen LogP contribution >= 0.6 is 0 Å². The number of nitrogens with zero attached hydrogens (tertiary/aromatic N) is 1. The first-order valence-electron chi connectivity index (χ1n) is 7.85. The number of ether oxygens (including phenoxy) is 1. The number of hydrogen-bond acceptors (Lipinski definition) is 3. The topological polar surface area (TPSA) is 58.6 Å². The highest BCUT2D eigenvalue weighted by Crippen LogP contribution is 2.17. The summed E-state index contributed by atoms with van der Waals surface area (Å²) in [7, 11) is 1.70. The highest BCUT2D eigenvalue weighted by Gasteiger charge is 2.07. The van der Waals surface area contributed by atoms with Crippen molar-refractivity contribution in [1.29, 1.82) is 0 Å². The third-order valence-corrected chi connectivity index (χ3v) is 3.71. The minimum atomic E-state index is -0.234. The number of carbonyl (C=O) groups is 2. The molecule has 0 aliphatic carbocycles. The van der Waals surface area contributed by atoms with E-state index in [0.29, 0.717) is 11.4 Å². The predicted octanol–water partition coefficient (Wildman–Crippen LogP) is 3.25. The molecule has 2 amide bonds. The Bertz CT molecular complexity index is 694. The van der Waals surface area contributed by atoms with Gasteiger partial charge in [0.05, 0.1) is 0 Å². The number of amides is 2. The van der Waals surface area contributed by atoms with Crippen molar-refractivity contribution in [2.45, 2.75) is 20.3 Å². The Balaban J connectivity index is 1.86. The number of hydrogen-bond donors (Lipinski definition) is 1. The summed E-state index contributed by atoms with van der Waals surface area (Å²) in [6.45, 7) is 3.53. The van der Waals surface area contributed by atoms with Gasteiger partial charge in [-0.05, 0) is 48.4 Å². The lowest BCUT2D eigenvalue weighted by Gasteiger charge is -2.15. The zero-order valence-electron chi connectivity index (χ0n) is 14.2. The first-order chi connectivity index (χ1) is 11.5.